The van der Waals surface area contributed by atoms with Gasteiger partial charge in [0.05, 0.1) is 23.4 Å². The molecule has 1 amide bonds. The van der Waals surface area contributed by atoms with Crippen LogP contribution in [0.2, 0.25) is 5.02 Å². The number of carbonyl (C=O) groups is 1. The second-order valence-corrected chi connectivity index (χ2v) is 10.6. The quantitative estimate of drug-likeness (QED) is 0.245. The summed E-state index contributed by atoms with van der Waals surface area (Å²) >= 11 is 6.32. The molecule has 39 heavy (non-hydrogen) atoms. The zero-order valence-electron chi connectivity index (χ0n) is 22.6. The van der Waals surface area contributed by atoms with Gasteiger partial charge in [0.2, 0.25) is 0 Å². The molecule has 0 saturated heterocycles. The number of imidazole rings is 1. The van der Waals surface area contributed by atoms with E-state index in [0.29, 0.717) is 42.2 Å². The number of aryl methyl sites for hydroxylation is 1. The van der Waals surface area contributed by atoms with Crippen LogP contribution < -0.4 is 5.73 Å². The standard InChI is InChI=1S/C32H34ClN5O/c1-22(2)30(38(16-6-15-34)32(39)26-13-11-23(3)12-14-26)31-36-29(27-9-5-10-28(33)18-27)21-37(31)20-25-8-4-7-24(17-25)19-35/h4-5,7-14,17-18,21-22,30H,6,15-16,20,34H2,1-3H3/t30-/m1/s1. The summed E-state index contributed by atoms with van der Waals surface area (Å²) in [6.45, 7) is 7.72. The molecule has 1 atom stereocenters. The average molecular weight is 540 g/mol. The van der Waals surface area contributed by atoms with Gasteiger partial charge < -0.3 is 15.2 Å². The van der Waals surface area contributed by atoms with Gasteiger partial charge in [-0.05, 0) is 67.8 Å². The number of amides is 1. The Kier molecular flexibility index (Phi) is 9.19. The van der Waals surface area contributed by atoms with E-state index >= 15 is 0 Å². The van der Waals surface area contributed by atoms with Gasteiger partial charge in [-0.25, -0.2) is 4.98 Å². The predicted octanol–water partition coefficient (Wildman–Crippen LogP) is 6.62. The molecule has 4 aromatic rings. The molecule has 0 unspecified atom stereocenters. The van der Waals surface area contributed by atoms with Gasteiger partial charge in [-0.15, -0.1) is 0 Å². The van der Waals surface area contributed by atoms with E-state index < -0.39 is 0 Å². The van der Waals surface area contributed by atoms with Gasteiger partial charge in [-0.3, -0.25) is 4.79 Å². The van der Waals surface area contributed by atoms with Crippen LogP contribution in [0.5, 0.6) is 0 Å². The summed E-state index contributed by atoms with van der Waals surface area (Å²) in [6, 6.07) is 24.8. The fourth-order valence-corrected chi connectivity index (χ4v) is 4.99. The Labute approximate surface area is 235 Å². The number of hydrogen-bond donors (Lipinski definition) is 1. The van der Waals surface area contributed by atoms with Crippen molar-refractivity contribution in [1.29, 1.82) is 5.26 Å². The molecule has 0 saturated carbocycles. The van der Waals surface area contributed by atoms with E-state index in [-0.39, 0.29) is 17.9 Å². The molecule has 0 bridgehead atoms. The number of halogens is 1. The third kappa shape index (κ3) is 6.75. The maximum absolute atomic E-state index is 14.0. The SMILES string of the molecule is Cc1ccc(C(=O)N(CCCN)[C@@H](c2nc(-c3cccc(Cl)c3)cn2Cc2cccc(C#N)c2)C(C)C)cc1. The topological polar surface area (TPSA) is 87.9 Å². The number of nitriles is 1. The number of carbonyl (C=O) groups excluding carboxylic acids is 1. The summed E-state index contributed by atoms with van der Waals surface area (Å²) in [5, 5.41) is 10.1. The largest absolute Gasteiger partial charge is 0.330 e. The minimum atomic E-state index is -0.308. The Hall–Kier alpha value is -3.92. The molecule has 0 spiro atoms. The first-order valence-electron chi connectivity index (χ1n) is 13.2. The van der Waals surface area contributed by atoms with Crippen molar-refractivity contribution < 1.29 is 4.79 Å². The summed E-state index contributed by atoms with van der Waals surface area (Å²) in [4.78, 5) is 21.0. The highest BCUT2D eigenvalue weighted by Gasteiger charge is 2.32. The molecule has 3 aromatic carbocycles. The summed E-state index contributed by atoms with van der Waals surface area (Å²) in [5.41, 5.74) is 10.9. The third-order valence-corrected chi connectivity index (χ3v) is 6.97. The van der Waals surface area contributed by atoms with E-state index in [0.717, 1.165) is 28.2 Å². The second kappa shape index (κ2) is 12.8. The Balaban J connectivity index is 1.84. The Morgan fingerprint density at radius 1 is 1.10 bits per heavy atom. The lowest BCUT2D eigenvalue weighted by Gasteiger charge is -2.34. The highest BCUT2D eigenvalue weighted by atomic mass is 35.5. The number of hydrogen-bond acceptors (Lipinski definition) is 4. The lowest BCUT2D eigenvalue weighted by atomic mass is 9.99. The molecule has 0 radical (unpaired) electrons. The molecule has 200 valence electrons. The maximum Gasteiger partial charge on any atom is 0.254 e. The van der Waals surface area contributed by atoms with Gasteiger partial charge in [0.25, 0.3) is 5.91 Å². The van der Waals surface area contributed by atoms with Gasteiger partial charge in [-0.2, -0.15) is 5.26 Å². The van der Waals surface area contributed by atoms with Crippen molar-refractivity contribution in [3.63, 3.8) is 0 Å². The smallest absolute Gasteiger partial charge is 0.254 e. The average Bonchev–Trinajstić information content (AvgIpc) is 3.33. The molecular weight excluding hydrogens is 506 g/mol. The first-order chi connectivity index (χ1) is 18.8. The second-order valence-electron chi connectivity index (χ2n) is 10.1. The van der Waals surface area contributed by atoms with Crippen LogP contribution in [0.25, 0.3) is 11.3 Å². The molecule has 4 rings (SSSR count). The number of rotatable bonds is 10. The highest BCUT2D eigenvalue weighted by Crippen LogP contribution is 2.33. The van der Waals surface area contributed by atoms with Crippen LogP contribution in [0.1, 0.15) is 59.2 Å². The number of nitrogens with zero attached hydrogens (tertiary/aromatic N) is 4. The van der Waals surface area contributed by atoms with Crippen LogP contribution in [-0.2, 0) is 6.54 Å². The van der Waals surface area contributed by atoms with Crippen molar-refractivity contribution in [2.75, 3.05) is 13.1 Å². The minimum Gasteiger partial charge on any atom is -0.330 e. The van der Waals surface area contributed by atoms with Crippen molar-refractivity contribution in [3.05, 3.63) is 112 Å². The van der Waals surface area contributed by atoms with Crippen molar-refractivity contribution in [3.8, 4) is 17.3 Å². The Morgan fingerprint density at radius 3 is 2.51 bits per heavy atom. The summed E-state index contributed by atoms with van der Waals surface area (Å²) in [6.07, 6.45) is 2.68. The Bertz CT molecular complexity index is 1470. The van der Waals surface area contributed by atoms with Gasteiger partial charge in [-0.1, -0.05) is 67.4 Å². The number of nitrogens with two attached hydrogens (primary N) is 1. The zero-order valence-corrected chi connectivity index (χ0v) is 23.4. The number of benzene rings is 3. The van der Waals surface area contributed by atoms with Gasteiger partial charge in [0.1, 0.15) is 5.82 Å². The van der Waals surface area contributed by atoms with Crippen LogP contribution in [0.3, 0.4) is 0 Å². The highest BCUT2D eigenvalue weighted by molar-refractivity contribution is 6.30. The van der Waals surface area contributed by atoms with E-state index in [9.17, 15) is 10.1 Å². The fraction of sp³-hybridized carbons (Fsp3) is 0.281. The summed E-state index contributed by atoms with van der Waals surface area (Å²) in [7, 11) is 0. The molecule has 2 N–H and O–H groups in total. The maximum atomic E-state index is 14.0. The fourth-order valence-electron chi connectivity index (χ4n) is 4.80. The Morgan fingerprint density at radius 2 is 1.85 bits per heavy atom. The van der Waals surface area contributed by atoms with E-state index in [1.807, 2.05) is 84.8 Å². The molecule has 1 aromatic heterocycles. The summed E-state index contributed by atoms with van der Waals surface area (Å²) < 4.78 is 2.09. The van der Waals surface area contributed by atoms with E-state index in [2.05, 4.69) is 24.5 Å². The molecule has 0 aliphatic carbocycles. The lowest BCUT2D eigenvalue weighted by molar-refractivity contribution is 0.0604. The first kappa shape index (κ1) is 28.1. The van der Waals surface area contributed by atoms with Crippen LogP contribution in [0.4, 0.5) is 0 Å². The predicted molar refractivity (Wildman–Crippen MR) is 156 cm³/mol. The van der Waals surface area contributed by atoms with E-state index in [1.54, 1.807) is 6.07 Å². The molecule has 6 nitrogen and oxygen atoms in total. The van der Waals surface area contributed by atoms with E-state index in [1.165, 1.54) is 0 Å². The normalized spacial score (nSPS) is 11.8. The summed E-state index contributed by atoms with van der Waals surface area (Å²) in [5.74, 6) is 0.795. The van der Waals surface area contributed by atoms with E-state index in [4.69, 9.17) is 22.3 Å². The van der Waals surface area contributed by atoms with Crippen molar-refractivity contribution >= 4 is 17.5 Å². The van der Waals surface area contributed by atoms with Gasteiger partial charge >= 0.3 is 0 Å². The van der Waals surface area contributed by atoms with Gasteiger partial charge in [0.15, 0.2) is 0 Å². The molecule has 0 fully saturated rings. The minimum absolute atomic E-state index is 0.0486. The van der Waals surface area contributed by atoms with Crippen LogP contribution in [0, 0.1) is 24.2 Å². The molecular formula is C32H34ClN5O. The van der Waals surface area contributed by atoms with Gasteiger partial charge in [0, 0.05) is 35.4 Å². The van der Waals surface area contributed by atoms with Crippen molar-refractivity contribution in [1.82, 2.24) is 14.5 Å². The molecule has 0 aliphatic rings. The molecule has 1 heterocycles. The molecule has 0 aliphatic heterocycles. The van der Waals surface area contributed by atoms with Crippen LogP contribution in [0.15, 0.2) is 79.0 Å². The van der Waals surface area contributed by atoms with Crippen molar-refractivity contribution in [2.24, 2.45) is 11.7 Å². The molecule has 7 heteroatoms. The van der Waals surface area contributed by atoms with Crippen LogP contribution in [-0.4, -0.2) is 33.4 Å². The first-order valence-corrected chi connectivity index (χ1v) is 13.6. The lowest BCUT2D eigenvalue weighted by Crippen LogP contribution is -2.40. The number of aromatic nitrogens is 2. The third-order valence-electron chi connectivity index (χ3n) is 6.73. The van der Waals surface area contributed by atoms with Crippen molar-refractivity contribution in [2.45, 2.75) is 39.8 Å². The van der Waals surface area contributed by atoms with Crippen LogP contribution >= 0.6 is 11.6 Å². The monoisotopic (exact) mass is 539 g/mol. The zero-order chi connectivity index (χ0) is 27.9.